The zero-order valence-electron chi connectivity index (χ0n) is 16.7. The Morgan fingerprint density at radius 2 is 1.79 bits per heavy atom. The summed E-state index contributed by atoms with van der Waals surface area (Å²) < 4.78 is 12.1. The molecule has 24 heavy (non-hydrogen) atoms. The summed E-state index contributed by atoms with van der Waals surface area (Å²) in [5.41, 5.74) is 1.72. The van der Waals surface area contributed by atoms with Crippen molar-refractivity contribution in [2.75, 3.05) is 0 Å². The van der Waals surface area contributed by atoms with Crippen molar-refractivity contribution in [3.63, 3.8) is 0 Å². The van der Waals surface area contributed by atoms with Gasteiger partial charge in [-0.2, -0.15) is 0 Å². The van der Waals surface area contributed by atoms with E-state index in [2.05, 4.69) is 61.5 Å². The number of carbonyl (C=O) groups excluding carboxylic acids is 1. The number of benzene rings is 1. The van der Waals surface area contributed by atoms with Crippen LogP contribution in [-0.4, -0.2) is 11.6 Å². The van der Waals surface area contributed by atoms with E-state index in [0.717, 1.165) is 23.3 Å². The number of fused-ring (bicyclic) bond motifs is 1. The van der Waals surface area contributed by atoms with E-state index in [1.807, 2.05) is 6.07 Å². The van der Waals surface area contributed by atoms with Crippen LogP contribution in [0.1, 0.15) is 85.8 Å². The van der Waals surface area contributed by atoms with Gasteiger partial charge in [-0.05, 0) is 49.3 Å². The second-order valence-corrected chi connectivity index (χ2v) is 9.02. The second kappa shape index (κ2) is 5.79. The molecule has 1 aliphatic heterocycles. The molecule has 134 valence electrons. The predicted octanol–water partition coefficient (Wildman–Crippen LogP) is 5.60. The highest BCUT2D eigenvalue weighted by molar-refractivity contribution is 5.71. The summed E-state index contributed by atoms with van der Waals surface area (Å²) in [6.07, 6.45) is 0.968. The van der Waals surface area contributed by atoms with Gasteiger partial charge in [-0.25, -0.2) is 0 Å². The van der Waals surface area contributed by atoms with Crippen LogP contribution in [0.5, 0.6) is 11.5 Å². The van der Waals surface area contributed by atoms with Crippen molar-refractivity contribution >= 4 is 5.97 Å². The predicted molar refractivity (Wildman–Crippen MR) is 98.0 cm³/mol. The van der Waals surface area contributed by atoms with Crippen LogP contribution in [0.3, 0.4) is 0 Å². The van der Waals surface area contributed by atoms with Crippen molar-refractivity contribution in [2.45, 2.75) is 85.7 Å². The molecule has 0 saturated heterocycles. The van der Waals surface area contributed by atoms with E-state index in [1.165, 1.54) is 6.92 Å². The summed E-state index contributed by atoms with van der Waals surface area (Å²) in [4.78, 5) is 11.7. The second-order valence-electron chi connectivity index (χ2n) is 9.02. The van der Waals surface area contributed by atoms with Gasteiger partial charge < -0.3 is 9.47 Å². The number of rotatable bonds is 2. The number of carbonyl (C=O) groups is 1. The summed E-state index contributed by atoms with van der Waals surface area (Å²) in [5.74, 6) is 1.48. The van der Waals surface area contributed by atoms with Crippen LogP contribution < -0.4 is 9.47 Å². The summed E-state index contributed by atoms with van der Waals surface area (Å²) in [6, 6.07) is 4.14. The third-order valence-electron chi connectivity index (χ3n) is 5.77. The number of esters is 1. The first-order valence-corrected chi connectivity index (χ1v) is 8.87. The highest BCUT2D eigenvalue weighted by atomic mass is 16.5. The van der Waals surface area contributed by atoms with Gasteiger partial charge >= 0.3 is 5.97 Å². The van der Waals surface area contributed by atoms with Gasteiger partial charge in [-0.3, -0.25) is 4.79 Å². The molecular weight excluding hydrogens is 300 g/mol. The molecule has 0 aromatic heterocycles. The highest BCUT2D eigenvalue weighted by Crippen LogP contribution is 2.57. The van der Waals surface area contributed by atoms with Gasteiger partial charge in [0.15, 0.2) is 0 Å². The van der Waals surface area contributed by atoms with Crippen LogP contribution >= 0.6 is 0 Å². The van der Waals surface area contributed by atoms with Gasteiger partial charge in [0.2, 0.25) is 0 Å². The minimum Gasteiger partial charge on any atom is -0.487 e. The number of ether oxygens (including phenoxy) is 2. The van der Waals surface area contributed by atoms with Gasteiger partial charge in [0.25, 0.3) is 0 Å². The van der Waals surface area contributed by atoms with E-state index in [9.17, 15) is 4.79 Å². The quantitative estimate of drug-likeness (QED) is 0.522. The third kappa shape index (κ3) is 3.05. The Kier molecular flexibility index (Phi) is 4.54. The SMILES string of the molecule is CCC1c2c(OC(C)=O)cc(C(C)(C)C)cc2OC(C)(C)C1(C)C. The third-order valence-corrected chi connectivity index (χ3v) is 5.77. The Labute approximate surface area is 146 Å². The molecule has 0 spiro atoms. The van der Waals surface area contributed by atoms with Crippen LogP contribution in [0.15, 0.2) is 12.1 Å². The lowest BCUT2D eigenvalue weighted by Gasteiger charge is -2.51. The topological polar surface area (TPSA) is 35.5 Å². The zero-order valence-corrected chi connectivity index (χ0v) is 16.7. The normalized spacial score (nSPS) is 21.6. The Hall–Kier alpha value is -1.51. The molecular formula is C21H32O3. The number of hydrogen-bond acceptors (Lipinski definition) is 3. The lowest BCUT2D eigenvalue weighted by atomic mass is 9.62. The molecule has 1 heterocycles. The summed E-state index contributed by atoms with van der Waals surface area (Å²) in [5, 5.41) is 0. The van der Waals surface area contributed by atoms with E-state index < -0.39 is 0 Å². The molecule has 3 heteroatoms. The molecule has 1 atom stereocenters. The maximum absolute atomic E-state index is 11.7. The molecule has 2 rings (SSSR count). The molecule has 0 bridgehead atoms. The zero-order chi connectivity index (χ0) is 18.5. The maximum atomic E-state index is 11.7. The first kappa shape index (κ1) is 18.8. The van der Waals surface area contributed by atoms with Crippen LogP contribution in [0, 0.1) is 5.41 Å². The molecule has 1 aromatic rings. The van der Waals surface area contributed by atoms with Crippen molar-refractivity contribution in [3.05, 3.63) is 23.3 Å². The fourth-order valence-corrected chi connectivity index (χ4v) is 3.60. The highest BCUT2D eigenvalue weighted by Gasteiger charge is 2.50. The van der Waals surface area contributed by atoms with E-state index in [-0.39, 0.29) is 28.3 Å². The van der Waals surface area contributed by atoms with Crippen molar-refractivity contribution < 1.29 is 14.3 Å². The van der Waals surface area contributed by atoms with Crippen LogP contribution in [-0.2, 0) is 10.2 Å². The van der Waals surface area contributed by atoms with Gasteiger partial charge in [0, 0.05) is 17.9 Å². The van der Waals surface area contributed by atoms with E-state index in [0.29, 0.717) is 5.75 Å². The molecule has 1 aliphatic rings. The lowest BCUT2D eigenvalue weighted by Crippen LogP contribution is -2.51. The standard InChI is InChI=1S/C21H32O3/c1-10-15-18-16(23-13(2)22)11-14(19(3,4)5)12-17(18)24-21(8,9)20(15,6)7/h11-12,15H,10H2,1-9H3. The smallest absolute Gasteiger partial charge is 0.308 e. The van der Waals surface area contributed by atoms with E-state index in [4.69, 9.17) is 9.47 Å². The van der Waals surface area contributed by atoms with Crippen LogP contribution in [0.4, 0.5) is 0 Å². The minimum absolute atomic E-state index is 0.0495. The van der Waals surface area contributed by atoms with E-state index in [1.54, 1.807) is 0 Å². The Morgan fingerprint density at radius 1 is 1.21 bits per heavy atom. The molecule has 1 unspecified atom stereocenters. The molecule has 0 radical (unpaired) electrons. The van der Waals surface area contributed by atoms with Crippen molar-refractivity contribution in [3.8, 4) is 11.5 Å². The van der Waals surface area contributed by atoms with Gasteiger partial charge in [-0.1, -0.05) is 41.5 Å². The molecule has 0 fully saturated rings. The average molecular weight is 332 g/mol. The Morgan fingerprint density at radius 3 is 2.25 bits per heavy atom. The molecule has 0 saturated carbocycles. The van der Waals surface area contributed by atoms with E-state index >= 15 is 0 Å². The fraction of sp³-hybridized carbons (Fsp3) is 0.667. The van der Waals surface area contributed by atoms with Gasteiger partial charge in [0.05, 0.1) is 0 Å². The largest absolute Gasteiger partial charge is 0.487 e. The molecule has 1 aromatic carbocycles. The first-order chi connectivity index (χ1) is 10.8. The van der Waals surface area contributed by atoms with Crippen molar-refractivity contribution in [1.82, 2.24) is 0 Å². The minimum atomic E-state index is -0.301. The fourth-order valence-electron chi connectivity index (χ4n) is 3.60. The molecule has 3 nitrogen and oxygen atoms in total. The Balaban J connectivity index is 2.76. The summed E-state index contributed by atoms with van der Waals surface area (Å²) >= 11 is 0. The summed E-state index contributed by atoms with van der Waals surface area (Å²) in [7, 11) is 0. The number of hydrogen-bond donors (Lipinski definition) is 0. The summed E-state index contributed by atoms with van der Waals surface area (Å²) in [6.45, 7) is 18.9. The lowest BCUT2D eigenvalue weighted by molar-refractivity contribution is -0.132. The van der Waals surface area contributed by atoms with Crippen molar-refractivity contribution in [1.29, 1.82) is 0 Å². The van der Waals surface area contributed by atoms with Crippen molar-refractivity contribution in [2.24, 2.45) is 5.41 Å². The van der Waals surface area contributed by atoms with Gasteiger partial charge in [-0.15, -0.1) is 0 Å². The molecule has 0 N–H and O–H groups in total. The van der Waals surface area contributed by atoms with Gasteiger partial charge in [0.1, 0.15) is 17.1 Å². The maximum Gasteiger partial charge on any atom is 0.308 e. The monoisotopic (exact) mass is 332 g/mol. The van der Waals surface area contributed by atoms with Crippen LogP contribution in [0.2, 0.25) is 0 Å². The average Bonchev–Trinajstić information content (AvgIpc) is 2.38. The van der Waals surface area contributed by atoms with Crippen LogP contribution in [0.25, 0.3) is 0 Å². The molecule has 0 aliphatic carbocycles. The molecule has 0 amide bonds. The first-order valence-electron chi connectivity index (χ1n) is 8.87. The Bertz CT molecular complexity index is 648.